The lowest BCUT2D eigenvalue weighted by Gasteiger charge is -2.12. The Morgan fingerprint density at radius 1 is 1.06 bits per heavy atom. The van der Waals surface area contributed by atoms with E-state index >= 15 is 0 Å². The first-order valence-corrected chi connectivity index (χ1v) is 10.9. The van der Waals surface area contributed by atoms with Gasteiger partial charge < -0.3 is 10.6 Å². The number of nitrogens with zero attached hydrogens (tertiary/aromatic N) is 4. The number of rotatable bonds is 6. The summed E-state index contributed by atoms with van der Waals surface area (Å²) in [6.45, 7) is 3.87. The molecule has 0 saturated heterocycles. The number of aryl methyl sites for hydroxylation is 2. The number of aliphatic imine (C=N–C) groups is 1. The molecule has 9 heteroatoms. The van der Waals surface area contributed by atoms with Crippen LogP contribution in [0.2, 0.25) is 0 Å². The summed E-state index contributed by atoms with van der Waals surface area (Å²) in [4.78, 5) is 29.9. The second kappa shape index (κ2) is 9.57. The molecule has 2 aromatic heterocycles. The molecule has 2 N–H and O–H groups in total. The van der Waals surface area contributed by atoms with Crippen LogP contribution in [0.25, 0.3) is 10.7 Å². The molecule has 0 fully saturated rings. The molecule has 0 radical (unpaired) electrons. The van der Waals surface area contributed by atoms with Crippen LogP contribution in [0.1, 0.15) is 21.5 Å². The third-order valence-electron chi connectivity index (χ3n) is 4.69. The van der Waals surface area contributed by atoms with Gasteiger partial charge in [-0.25, -0.2) is 15.0 Å². The van der Waals surface area contributed by atoms with E-state index in [1.165, 1.54) is 11.3 Å². The van der Waals surface area contributed by atoms with Crippen LogP contribution in [0.5, 0.6) is 0 Å². The monoisotopic (exact) mass is 458 g/mol. The summed E-state index contributed by atoms with van der Waals surface area (Å²) < 4.78 is 0. The van der Waals surface area contributed by atoms with Gasteiger partial charge in [-0.3, -0.25) is 4.79 Å². The van der Waals surface area contributed by atoms with E-state index < -0.39 is 0 Å². The highest BCUT2D eigenvalue weighted by Crippen LogP contribution is 2.26. The average molecular weight is 459 g/mol. The van der Waals surface area contributed by atoms with E-state index in [1.54, 1.807) is 24.5 Å². The summed E-state index contributed by atoms with van der Waals surface area (Å²) in [5.74, 6) is 0.202. The van der Waals surface area contributed by atoms with E-state index in [4.69, 9.17) is 0 Å². The van der Waals surface area contributed by atoms with Gasteiger partial charge in [0.05, 0.1) is 10.8 Å². The minimum atomic E-state index is -0.248. The molecule has 0 bridgehead atoms. The maximum Gasteiger partial charge on any atom is 0.255 e. The van der Waals surface area contributed by atoms with Gasteiger partial charge in [0.2, 0.25) is 5.95 Å². The first kappa shape index (κ1) is 21.5. The molecule has 4 aromatic rings. The summed E-state index contributed by atoms with van der Waals surface area (Å²) in [5, 5.41) is 11.2. The molecular weight excluding hydrogens is 440 g/mol. The van der Waals surface area contributed by atoms with Gasteiger partial charge in [0, 0.05) is 34.7 Å². The molecule has 2 aromatic carbocycles. The van der Waals surface area contributed by atoms with Crippen molar-refractivity contribution in [1.29, 1.82) is 0 Å². The van der Waals surface area contributed by atoms with Crippen molar-refractivity contribution < 1.29 is 4.79 Å². The Hall–Kier alpha value is -3.78. The van der Waals surface area contributed by atoms with Crippen molar-refractivity contribution in [3.05, 3.63) is 76.9 Å². The summed E-state index contributed by atoms with van der Waals surface area (Å²) >= 11 is 6.19. The van der Waals surface area contributed by atoms with Gasteiger partial charge in [0.25, 0.3) is 5.91 Å². The highest BCUT2D eigenvalue weighted by molar-refractivity contribution is 7.78. The highest BCUT2D eigenvalue weighted by atomic mass is 32.1. The van der Waals surface area contributed by atoms with Gasteiger partial charge in [-0.2, -0.15) is 4.99 Å². The van der Waals surface area contributed by atoms with Crippen LogP contribution >= 0.6 is 23.6 Å². The quantitative estimate of drug-likeness (QED) is 0.274. The Bertz CT molecular complexity index is 1330. The third-order valence-corrected chi connectivity index (χ3v) is 5.57. The molecule has 4 rings (SSSR count). The lowest BCUT2D eigenvalue weighted by atomic mass is 10.1. The van der Waals surface area contributed by atoms with Crippen LogP contribution in [0.3, 0.4) is 0 Å². The first-order chi connectivity index (χ1) is 15.5. The van der Waals surface area contributed by atoms with E-state index in [2.05, 4.69) is 48.0 Å². The average Bonchev–Trinajstić information content (AvgIpc) is 3.33. The normalized spacial score (nSPS) is 10.3. The second-order valence-electron chi connectivity index (χ2n) is 6.92. The Balaban J connectivity index is 1.54. The fourth-order valence-electron chi connectivity index (χ4n) is 2.97. The molecule has 32 heavy (non-hydrogen) atoms. The third kappa shape index (κ3) is 4.92. The largest absolute Gasteiger partial charge is 0.324 e. The van der Waals surface area contributed by atoms with Crippen molar-refractivity contribution in [2.45, 2.75) is 13.8 Å². The maximum absolute atomic E-state index is 12.8. The van der Waals surface area contributed by atoms with E-state index in [9.17, 15) is 4.79 Å². The molecule has 7 nitrogen and oxygen atoms in total. The summed E-state index contributed by atoms with van der Waals surface area (Å²) in [6.07, 6.45) is 3.43. The van der Waals surface area contributed by atoms with Crippen LogP contribution in [0.4, 0.5) is 23.0 Å². The summed E-state index contributed by atoms with van der Waals surface area (Å²) in [7, 11) is 0. The van der Waals surface area contributed by atoms with Gasteiger partial charge >= 0.3 is 0 Å². The second-order valence-corrected chi connectivity index (χ2v) is 7.99. The predicted octanol–water partition coefficient (Wildman–Crippen LogP) is 5.95. The minimum Gasteiger partial charge on any atom is -0.324 e. The Labute approximate surface area is 194 Å². The zero-order chi connectivity index (χ0) is 22.5. The molecule has 1 amide bonds. The number of carbonyl (C=O) groups is 1. The minimum absolute atomic E-state index is 0.248. The molecule has 0 aliphatic carbocycles. The Morgan fingerprint density at radius 2 is 1.91 bits per heavy atom. The maximum atomic E-state index is 12.8. The van der Waals surface area contributed by atoms with Crippen molar-refractivity contribution in [2.75, 3.05) is 10.6 Å². The number of thiazole rings is 1. The lowest BCUT2D eigenvalue weighted by Crippen LogP contribution is -2.12. The smallest absolute Gasteiger partial charge is 0.255 e. The molecule has 0 aliphatic rings. The van der Waals surface area contributed by atoms with Gasteiger partial charge in [-0.1, -0.05) is 12.1 Å². The van der Waals surface area contributed by atoms with Crippen molar-refractivity contribution in [1.82, 2.24) is 15.0 Å². The fraction of sp³-hybridized carbons (Fsp3) is 0.0870. The number of amides is 1. The number of aromatic nitrogens is 3. The van der Waals surface area contributed by atoms with Gasteiger partial charge in [-0.15, -0.1) is 11.3 Å². The zero-order valence-electron chi connectivity index (χ0n) is 17.3. The van der Waals surface area contributed by atoms with Crippen LogP contribution in [-0.4, -0.2) is 26.0 Å². The lowest BCUT2D eigenvalue weighted by molar-refractivity contribution is 0.102. The van der Waals surface area contributed by atoms with Gasteiger partial charge in [0.1, 0.15) is 10.7 Å². The number of hydrogen-bond donors (Lipinski definition) is 2. The van der Waals surface area contributed by atoms with Crippen molar-refractivity contribution in [3.63, 3.8) is 0 Å². The predicted molar refractivity (Wildman–Crippen MR) is 131 cm³/mol. The van der Waals surface area contributed by atoms with Crippen LogP contribution < -0.4 is 10.6 Å². The molecule has 0 atom stereocenters. The van der Waals surface area contributed by atoms with Crippen LogP contribution in [0.15, 0.2) is 65.2 Å². The topological polar surface area (TPSA) is 92.2 Å². The zero-order valence-corrected chi connectivity index (χ0v) is 18.9. The number of hydrogen-bond acceptors (Lipinski definition) is 8. The molecule has 0 unspecified atom stereocenters. The van der Waals surface area contributed by atoms with E-state index in [0.717, 1.165) is 27.5 Å². The molecule has 2 heterocycles. The Kier molecular flexibility index (Phi) is 6.42. The molecule has 0 aliphatic heterocycles. The van der Waals surface area contributed by atoms with E-state index in [1.807, 2.05) is 49.6 Å². The van der Waals surface area contributed by atoms with Gasteiger partial charge in [0.15, 0.2) is 0 Å². The fourth-order valence-corrected chi connectivity index (χ4v) is 3.67. The summed E-state index contributed by atoms with van der Waals surface area (Å²) in [5.41, 5.74) is 5.17. The molecular formula is C23H18N6OS2. The van der Waals surface area contributed by atoms with Crippen molar-refractivity contribution in [2.24, 2.45) is 4.99 Å². The van der Waals surface area contributed by atoms with E-state index in [-0.39, 0.29) is 5.91 Å². The number of thiocarbonyl (C=S) groups is 1. The summed E-state index contributed by atoms with van der Waals surface area (Å²) in [6, 6.07) is 12.7. The number of carbonyl (C=O) groups excluding carboxylic acids is 1. The molecule has 0 spiro atoms. The number of anilines is 3. The SMILES string of the molecule is Cc1ccc(C(=O)Nc2ccc(C)c(Nc3nccc(-c4nccs4)n3)c2)cc1N=C=S. The Morgan fingerprint density at radius 3 is 2.69 bits per heavy atom. The number of isothiocyanates is 1. The van der Waals surface area contributed by atoms with Crippen LogP contribution in [-0.2, 0) is 0 Å². The van der Waals surface area contributed by atoms with Crippen molar-refractivity contribution in [3.8, 4) is 10.7 Å². The number of nitrogens with one attached hydrogen (secondary N) is 2. The number of benzene rings is 2. The molecule has 0 saturated carbocycles. The van der Waals surface area contributed by atoms with Gasteiger partial charge in [-0.05, 0) is 67.5 Å². The molecule has 158 valence electrons. The first-order valence-electron chi connectivity index (χ1n) is 9.64. The highest BCUT2D eigenvalue weighted by Gasteiger charge is 2.11. The standard InChI is InChI=1S/C23H18N6OS2/c1-14-3-5-16(11-19(14)26-13-31)21(30)27-17-6-4-15(2)20(12-17)29-23-25-8-7-18(28-23)22-24-9-10-32-22/h3-12H,1-2H3,(H,27,30)(H,25,28,29). The van der Waals surface area contributed by atoms with E-state index in [0.29, 0.717) is 22.9 Å². The van der Waals surface area contributed by atoms with Crippen LogP contribution in [0, 0.1) is 13.8 Å². The van der Waals surface area contributed by atoms with Crippen molar-refractivity contribution >= 4 is 57.6 Å².